The number of aryl methyl sites for hydroxylation is 1. The number of benzene rings is 1. The van der Waals surface area contributed by atoms with Gasteiger partial charge < -0.3 is 14.8 Å². The molecule has 0 atom stereocenters. The van der Waals surface area contributed by atoms with Crippen molar-refractivity contribution in [2.75, 3.05) is 18.5 Å². The van der Waals surface area contributed by atoms with Gasteiger partial charge in [-0.1, -0.05) is 6.07 Å². The summed E-state index contributed by atoms with van der Waals surface area (Å²) in [4.78, 5) is 16.7. The molecule has 2 aromatic rings. The Labute approximate surface area is 130 Å². The van der Waals surface area contributed by atoms with Gasteiger partial charge in [0.2, 0.25) is 0 Å². The molecule has 0 saturated heterocycles. The van der Waals surface area contributed by atoms with Crippen molar-refractivity contribution in [1.82, 2.24) is 4.98 Å². The number of halogens is 1. The fourth-order valence-corrected chi connectivity index (χ4v) is 2.27. The zero-order chi connectivity index (χ0) is 14.8. The molecule has 21 heavy (non-hydrogen) atoms. The topological polar surface area (TPSA) is 60.5 Å². The number of nitrogens with zero attached hydrogens (tertiary/aromatic N) is 1. The van der Waals surface area contributed by atoms with Crippen LogP contribution in [0.25, 0.3) is 0 Å². The quantitative estimate of drug-likeness (QED) is 0.905. The van der Waals surface area contributed by atoms with Crippen molar-refractivity contribution in [2.45, 2.75) is 6.92 Å². The first-order valence-electron chi connectivity index (χ1n) is 6.48. The van der Waals surface area contributed by atoms with E-state index in [9.17, 15) is 4.79 Å². The van der Waals surface area contributed by atoms with Crippen molar-refractivity contribution in [3.8, 4) is 11.5 Å². The molecule has 0 radical (unpaired) electrons. The highest BCUT2D eigenvalue weighted by Crippen LogP contribution is 2.33. The maximum Gasteiger partial charge on any atom is 0.260 e. The number of aromatic nitrogens is 1. The minimum Gasteiger partial charge on any atom is -0.486 e. The highest BCUT2D eigenvalue weighted by molar-refractivity contribution is 9.10. The normalized spacial score (nSPS) is 12.9. The molecule has 0 unspecified atom stereocenters. The molecule has 0 saturated carbocycles. The minimum absolute atomic E-state index is 0.272. The molecule has 1 aromatic carbocycles. The zero-order valence-corrected chi connectivity index (χ0v) is 12.9. The molecule has 2 heterocycles. The van der Waals surface area contributed by atoms with Crippen LogP contribution in [0.4, 0.5) is 5.82 Å². The summed E-state index contributed by atoms with van der Waals surface area (Å²) in [6, 6.07) is 8.84. The summed E-state index contributed by atoms with van der Waals surface area (Å²) in [7, 11) is 0. The first-order valence-corrected chi connectivity index (χ1v) is 7.27. The monoisotopic (exact) mass is 348 g/mol. The van der Waals surface area contributed by atoms with Gasteiger partial charge in [0, 0.05) is 4.47 Å². The van der Waals surface area contributed by atoms with E-state index in [0.29, 0.717) is 36.1 Å². The van der Waals surface area contributed by atoms with Gasteiger partial charge in [-0.25, -0.2) is 4.98 Å². The van der Waals surface area contributed by atoms with Crippen molar-refractivity contribution in [1.29, 1.82) is 0 Å². The number of fused-ring (bicyclic) bond motifs is 1. The summed E-state index contributed by atoms with van der Waals surface area (Å²) in [5.74, 6) is 1.30. The van der Waals surface area contributed by atoms with Gasteiger partial charge in [-0.15, -0.1) is 0 Å². The van der Waals surface area contributed by atoms with Gasteiger partial charge >= 0.3 is 0 Å². The summed E-state index contributed by atoms with van der Waals surface area (Å²) in [5.41, 5.74) is 1.25. The van der Waals surface area contributed by atoms with Gasteiger partial charge in [-0.05, 0) is 47.1 Å². The van der Waals surface area contributed by atoms with Gasteiger partial charge in [-0.2, -0.15) is 0 Å². The molecule has 1 aliphatic rings. The Morgan fingerprint density at radius 2 is 2.05 bits per heavy atom. The van der Waals surface area contributed by atoms with Crippen LogP contribution in [0.2, 0.25) is 0 Å². The zero-order valence-electron chi connectivity index (χ0n) is 11.4. The van der Waals surface area contributed by atoms with Gasteiger partial charge in [-0.3, -0.25) is 4.79 Å². The van der Waals surface area contributed by atoms with E-state index >= 15 is 0 Å². The largest absolute Gasteiger partial charge is 0.486 e. The van der Waals surface area contributed by atoms with E-state index in [2.05, 4.69) is 26.2 Å². The molecule has 0 bridgehead atoms. The second-order valence-electron chi connectivity index (χ2n) is 4.55. The molecule has 1 aromatic heterocycles. The molecule has 5 nitrogen and oxygen atoms in total. The van der Waals surface area contributed by atoms with Crippen LogP contribution < -0.4 is 14.8 Å². The SMILES string of the molecule is Cc1nc(NC(=O)c2cccc3c2OCCO3)ccc1Br. The van der Waals surface area contributed by atoms with Crippen molar-refractivity contribution in [3.05, 3.63) is 46.1 Å². The van der Waals surface area contributed by atoms with Crippen LogP contribution in [0.15, 0.2) is 34.8 Å². The van der Waals surface area contributed by atoms with E-state index in [1.54, 1.807) is 24.3 Å². The third kappa shape index (κ3) is 2.85. The van der Waals surface area contributed by atoms with Crippen LogP contribution in [0.1, 0.15) is 16.1 Å². The molecular formula is C15H13BrN2O3. The summed E-state index contributed by atoms with van der Waals surface area (Å²) in [6.07, 6.45) is 0. The van der Waals surface area contributed by atoms with Crippen LogP contribution in [-0.2, 0) is 0 Å². The number of nitrogens with one attached hydrogen (secondary N) is 1. The maximum absolute atomic E-state index is 12.4. The highest BCUT2D eigenvalue weighted by Gasteiger charge is 2.20. The van der Waals surface area contributed by atoms with Gasteiger partial charge in [0.25, 0.3) is 5.91 Å². The third-order valence-electron chi connectivity index (χ3n) is 3.07. The molecule has 0 fully saturated rings. The molecule has 1 amide bonds. The Morgan fingerprint density at radius 1 is 1.24 bits per heavy atom. The van der Waals surface area contributed by atoms with Crippen molar-refractivity contribution >= 4 is 27.7 Å². The molecular weight excluding hydrogens is 336 g/mol. The number of hydrogen-bond donors (Lipinski definition) is 1. The lowest BCUT2D eigenvalue weighted by Gasteiger charge is -2.20. The van der Waals surface area contributed by atoms with Crippen molar-refractivity contribution in [3.63, 3.8) is 0 Å². The predicted molar refractivity (Wildman–Crippen MR) is 82.1 cm³/mol. The number of anilines is 1. The fraction of sp³-hybridized carbons (Fsp3) is 0.200. The van der Waals surface area contributed by atoms with Crippen LogP contribution in [-0.4, -0.2) is 24.1 Å². The molecule has 0 spiro atoms. The number of ether oxygens (including phenoxy) is 2. The van der Waals surface area contributed by atoms with Crippen LogP contribution in [0.3, 0.4) is 0 Å². The second kappa shape index (κ2) is 5.73. The summed E-state index contributed by atoms with van der Waals surface area (Å²) in [6.45, 7) is 2.79. The second-order valence-corrected chi connectivity index (χ2v) is 5.40. The Bertz CT molecular complexity index is 703. The van der Waals surface area contributed by atoms with Crippen LogP contribution in [0.5, 0.6) is 11.5 Å². The number of para-hydroxylation sites is 1. The number of hydrogen-bond acceptors (Lipinski definition) is 4. The Morgan fingerprint density at radius 3 is 2.86 bits per heavy atom. The molecule has 0 aliphatic carbocycles. The van der Waals surface area contributed by atoms with E-state index in [1.165, 1.54) is 0 Å². The lowest BCUT2D eigenvalue weighted by atomic mass is 10.1. The third-order valence-corrected chi connectivity index (χ3v) is 3.91. The first kappa shape index (κ1) is 13.9. The Hall–Kier alpha value is -2.08. The number of carbonyl (C=O) groups excluding carboxylic acids is 1. The first-order chi connectivity index (χ1) is 10.1. The van der Waals surface area contributed by atoms with Crippen molar-refractivity contribution in [2.24, 2.45) is 0 Å². The number of rotatable bonds is 2. The van der Waals surface area contributed by atoms with E-state index < -0.39 is 0 Å². The van der Waals surface area contributed by atoms with E-state index in [0.717, 1.165) is 10.2 Å². The summed E-state index contributed by atoms with van der Waals surface area (Å²) >= 11 is 3.38. The summed E-state index contributed by atoms with van der Waals surface area (Å²) in [5, 5.41) is 2.77. The molecule has 3 rings (SSSR count). The smallest absolute Gasteiger partial charge is 0.260 e. The van der Waals surface area contributed by atoms with E-state index in [1.807, 2.05) is 13.0 Å². The minimum atomic E-state index is -0.272. The highest BCUT2D eigenvalue weighted by atomic mass is 79.9. The molecule has 1 N–H and O–H groups in total. The number of pyridine rings is 1. The summed E-state index contributed by atoms with van der Waals surface area (Å²) < 4.78 is 11.9. The number of amides is 1. The average Bonchev–Trinajstić information content (AvgIpc) is 2.50. The Balaban J connectivity index is 1.87. The number of carbonyl (C=O) groups is 1. The maximum atomic E-state index is 12.4. The molecule has 1 aliphatic heterocycles. The van der Waals surface area contributed by atoms with Gasteiger partial charge in [0.1, 0.15) is 19.0 Å². The Kier molecular flexibility index (Phi) is 3.79. The lowest BCUT2D eigenvalue weighted by molar-refractivity contribution is 0.101. The lowest BCUT2D eigenvalue weighted by Crippen LogP contribution is -2.20. The fourth-order valence-electron chi connectivity index (χ4n) is 2.05. The molecule has 6 heteroatoms. The van der Waals surface area contributed by atoms with E-state index in [4.69, 9.17) is 9.47 Å². The van der Waals surface area contributed by atoms with Gasteiger partial charge in [0.15, 0.2) is 11.5 Å². The predicted octanol–water partition coefficient (Wildman–Crippen LogP) is 3.18. The molecule has 108 valence electrons. The van der Waals surface area contributed by atoms with Crippen molar-refractivity contribution < 1.29 is 14.3 Å². The average molecular weight is 349 g/mol. The standard InChI is InChI=1S/C15H13BrN2O3/c1-9-11(16)5-6-13(17-9)18-15(19)10-3-2-4-12-14(10)21-8-7-20-12/h2-6H,7-8H2,1H3,(H,17,18,19). The van der Waals surface area contributed by atoms with Crippen LogP contribution in [0, 0.1) is 6.92 Å². The van der Waals surface area contributed by atoms with E-state index in [-0.39, 0.29) is 5.91 Å². The van der Waals surface area contributed by atoms with Crippen LogP contribution >= 0.6 is 15.9 Å². The van der Waals surface area contributed by atoms with Gasteiger partial charge in [0.05, 0.1) is 11.3 Å².